The van der Waals surface area contributed by atoms with Gasteiger partial charge in [-0.05, 0) is 48.0 Å². The molecular weight excluding hydrogens is 516 g/mol. The second-order valence-electron chi connectivity index (χ2n) is 8.98. The Kier molecular flexibility index (Phi) is 7.29. The standard InChI is InChI=1S/C31H26O9/c1-35-18-7-5-17(6-8-18)23-15-40-31-20(29(23)33)10-12-26(37-3)28(31)21(14-27(32)38-4)24-16-39-25-11-9-19(36-2)13-22(25)30(24)34/h5-13,15-16,21H,14H2,1-4H3/t21-/m1/s1. The van der Waals surface area contributed by atoms with Gasteiger partial charge in [0.05, 0.1) is 57.5 Å². The van der Waals surface area contributed by atoms with E-state index in [2.05, 4.69) is 0 Å². The highest BCUT2D eigenvalue weighted by molar-refractivity contribution is 5.88. The second kappa shape index (κ2) is 11.0. The average Bonchev–Trinajstić information content (AvgIpc) is 3.00. The highest BCUT2D eigenvalue weighted by atomic mass is 16.5. The summed E-state index contributed by atoms with van der Waals surface area (Å²) in [7, 11) is 5.77. The van der Waals surface area contributed by atoms with Gasteiger partial charge in [0.2, 0.25) is 5.43 Å². The Morgan fingerprint density at radius 1 is 0.775 bits per heavy atom. The van der Waals surface area contributed by atoms with Crippen molar-refractivity contribution in [3.05, 3.63) is 98.7 Å². The maximum Gasteiger partial charge on any atom is 0.306 e. The van der Waals surface area contributed by atoms with Crippen LogP contribution < -0.4 is 25.1 Å². The molecule has 1 atom stereocenters. The minimum absolute atomic E-state index is 0.166. The third-order valence-electron chi connectivity index (χ3n) is 6.89. The van der Waals surface area contributed by atoms with Gasteiger partial charge in [0.1, 0.15) is 34.7 Å². The minimum atomic E-state index is -0.923. The van der Waals surface area contributed by atoms with Crippen LogP contribution in [0.4, 0.5) is 0 Å². The molecular formula is C31H26O9. The fourth-order valence-corrected chi connectivity index (χ4v) is 4.79. The van der Waals surface area contributed by atoms with Crippen molar-refractivity contribution < 1.29 is 32.6 Å². The third kappa shape index (κ3) is 4.66. The van der Waals surface area contributed by atoms with Crippen molar-refractivity contribution in [3.8, 4) is 28.4 Å². The lowest BCUT2D eigenvalue weighted by Gasteiger charge is -2.20. The van der Waals surface area contributed by atoms with E-state index in [0.717, 1.165) is 0 Å². The molecule has 0 aliphatic rings. The van der Waals surface area contributed by atoms with Crippen LogP contribution in [0.15, 0.2) is 85.5 Å². The molecule has 9 nitrogen and oxygen atoms in total. The number of methoxy groups -OCH3 is 4. The van der Waals surface area contributed by atoms with Crippen molar-refractivity contribution in [2.75, 3.05) is 28.4 Å². The van der Waals surface area contributed by atoms with Gasteiger partial charge in [-0.1, -0.05) is 12.1 Å². The quantitative estimate of drug-likeness (QED) is 0.241. The summed E-state index contributed by atoms with van der Waals surface area (Å²) in [5.41, 5.74) is 1.37. The molecule has 204 valence electrons. The molecule has 0 radical (unpaired) electrons. The minimum Gasteiger partial charge on any atom is -0.497 e. The van der Waals surface area contributed by atoms with Crippen LogP contribution >= 0.6 is 0 Å². The Labute approximate surface area is 228 Å². The molecule has 0 spiro atoms. The molecule has 5 aromatic rings. The Morgan fingerprint density at radius 3 is 2.17 bits per heavy atom. The molecule has 3 aromatic carbocycles. The molecule has 0 saturated heterocycles. The van der Waals surface area contributed by atoms with Gasteiger partial charge in [-0.15, -0.1) is 0 Å². The number of carbonyl (C=O) groups is 1. The highest BCUT2D eigenvalue weighted by Crippen LogP contribution is 2.39. The lowest BCUT2D eigenvalue weighted by Crippen LogP contribution is -2.19. The summed E-state index contributed by atoms with van der Waals surface area (Å²) in [6, 6.07) is 15.1. The first-order chi connectivity index (χ1) is 19.4. The molecule has 2 heterocycles. The third-order valence-corrected chi connectivity index (χ3v) is 6.89. The zero-order valence-electron chi connectivity index (χ0n) is 22.3. The SMILES string of the molecule is COC(=O)C[C@H](c1coc2ccc(OC)cc2c1=O)c1c(OC)ccc2c(=O)c(-c3ccc(OC)cc3)coc12. The van der Waals surface area contributed by atoms with E-state index >= 15 is 0 Å². The van der Waals surface area contributed by atoms with Crippen molar-refractivity contribution in [3.63, 3.8) is 0 Å². The normalized spacial score (nSPS) is 11.8. The molecule has 0 unspecified atom stereocenters. The molecule has 0 saturated carbocycles. The van der Waals surface area contributed by atoms with Gasteiger partial charge in [-0.25, -0.2) is 0 Å². The summed E-state index contributed by atoms with van der Waals surface area (Å²) in [6.45, 7) is 0. The zero-order chi connectivity index (χ0) is 28.4. The van der Waals surface area contributed by atoms with E-state index in [9.17, 15) is 14.4 Å². The fraction of sp³-hybridized carbons (Fsp3) is 0.194. The van der Waals surface area contributed by atoms with Crippen molar-refractivity contribution in [1.29, 1.82) is 0 Å². The van der Waals surface area contributed by atoms with E-state index in [4.69, 9.17) is 27.8 Å². The van der Waals surface area contributed by atoms with Gasteiger partial charge in [0.25, 0.3) is 0 Å². The van der Waals surface area contributed by atoms with Gasteiger partial charge >= 0.3 is 5.97 Å². The van der Waals surface area contributed by atoms with E-state index in [1.807, 2.05) is 0 Å². The molecule has 0 aliphatic heterocycles. The van der Waals surface area contributed by atoms with E-state index in [1.54, 1.807) is 61.7 Å². The van der Waals surface area contributed by atoms with Crippen LogP contribution in [0.25, 0.3) is 33.1 Å². The smallest absolute Gasteiger partial charge is 0.306 e. The Balaban J connectivity index is 1.76. The van der Waals surface area contributed by atoms with Crippen molar-refractivity contribution >= 4 is 27.9 Å². The van der Waals surface area contributed by atoms with Gasteiger partial charge in [-0.2, -0.15) is 0 Å². The molecule has 2 aromatic heterocycles. The predicted octanol–water partition coefficient (Wildman–Crippen LogP) is 5.29. The van der Waals surface area contributed by atoms with Crippen LogP contribution in [0.5, 0.6) is 17.2 Å². The maximum atomic E-state index is 13.8. The molecule has 0 bridgehead atoms. The lowest BCUT2D eigenvalue weighted by molar-refractivity contribution is -0.140. The summed E-state index contributed by atoms with van der Waals surface area (Å²) in [5, 5.41) is 0.528. The number of hydrogen-bond acceptors (Lipinski definition) is 9. The molecule has 0 N–H and O–H groups in total. The number of hydrogen-bond donors (Lipinski definition) is 0. The summed E-state index contributed by atoms with van der Waals surface area (Å²) >= 11 is 0. The predicted molar refractivity (Wildman–Crippen MR) is 149 cm³/mol. The highest BCUT2D eigenvalue weighted by Gasteiger charge is 2.30. The first-order valence-corrected chi connectivity index (χ1v) is 12.3. The monoisotopic (exact) mass is 542 g/mol. The van der Waals surface area contributed by atoms with Crippen LogP contribution in [0.1, 0.15) is 23.5 Å². The van der Waals surface area contributed by atoms with Crippen molar-refractivity contribution in [1.82, 2.24) is 0 Å². The topological polar surface area (TPSA) is 114 Å². The molecule has 5 rings (SSSR count). The van der Waals surface area contributed by atoms with E-state index in [-0.39, 0.29) is 39.2 Å². The second-order valence-corrected chi connectivity index (χ2v) is 8.98. The lowest BCUT2D eigenvalue weighted by atomic mass is 9.86. The van der Waals surface area contributed by atoms with Crippen LogP contribution in [0, 0.1) is 0 Å². The molecule has 0 fully saturated rings. The van der Waals surface area contributed by atoms with Gasteiger partial charge in [0.15, 0.2) is 5.43 Å². The Hall–Kier alpha value is -5.05. The number of ether oxygens (including phenoxy) is 4. The summed E-state index contributed by atoms with van der Waals surface area (Å²) in [4.78, 5) is 40.1. The van der Waals surface area contributed by atoms with Crippen LogP contribution in [-0.4, -0.2) is 34.4 Å². The number of fused-ring (bicyclic) bond motifs is 2. The van der Waals surface area contributed by atoms with Gasteiger partial charge < -0.3 is 27.8 Å². The first kappa shape index (κ1) is 26.6. The number of rotatable bonds is 8. The fourth-order valence-electron chi connectivity index (χ4n) is 4.79. The van der Waals surface area contributed by atoms with Crippen molar-refractivity contribution in [2.24, 2.45) is 0 Å². The van der Waals surface area contributed by atoms with Gasteiger partial charge in [-0.3, -0.25) is 14.4 Å². The molecule has 9 heteroatoms. The van der Waals surface area contributed by atoms with Gasteiger partial charge in [0, 0.05) is 17.0 Å². The van der Waals surface area contributed by atoms with Crippen LogP contribution in [-0.2, 0) is 9.53 Å². The van der Waals surface area contributed by atoms with E-state index in [0.29, 0.717) is 39.5 Å². The number of carbonyl (C=O) groups excluding carboxylic acids is 1. The van der Waals surface area contributed by atoms with Crippen LogP contribution in [0.2, 0.25) is 0 Å². The Bertz CT molecular complexity index is 1830. The molecule has 0 amide bonds. The number of esters is 1. The van der Waals surface area contributed by atoms with Crippen molar-refractivity contribution in [2.45, 2.75) is 12.3 Å². The largest absolute Gasteiger partial charge is 0.497 e. The summed E-state index contributed by atoms with van der Waals surface area (Å²) in [5.74, 6) is -0.0501. The molecule has 40 heavy (non-hydrogen) atoms. The first-order valence-electron chi connectivity index (χ1n) is 12.3. The average molecular weight is 543 g/mol. The maximum absolute atomic E-state index is 13.8. The summed E-state index contributed by atoms with van der Waals surface area (Å²) < 4.78 is 33.0. The molecule has 0 aliphatic carbocycles. The number of benzene rings is 3. The van der Waals surface area contributed by atoms with Crippen LogP contribution in [0.3, 0.4) is 0 Å². The Morgan fingerprint density at radius 2 is 1.50 bits per heavy atom. The zero-order valence-corrected chi connectivity index (χ0v) is 22.3. The van der Waals surface area contributed by atoms with E-state index < -0.39 is 11.9 Å². The van der Waals surface area contributed by atoms with E-state index in [1.165, 1.54) is 33.9 Å². The summed E-state index contributed by atoms with van der Waals surface area (Å²) in [6.07, 6.45) is 2.43.